The third-order valence-electron chi connectivity index (χ3n) is 4.17. The lowest BCUT2D eigenvalue weighted by molar-refractivity contribution is -0.117. The summed E-state index contributed by atoms with van der Waals surface area (Å²) < 4.78 is 0. The van der Waals surface area contributed by atoms with E-state index in [1.807, 2.05) is 6.92 Å². The van der Waals surface area contributed by atoms with E-state index >= 15 is 0 Å². The van der Waals surface area contributed by atoms with Crippen LogP contribution in [0.3, 0.4) is 0 Å². The number of urea groups is 1. The summed E-state index contributed by atoms with van der Waals surface area (Å²) in [5.74, 6) is 1.56. The molecule has 2 aliphatic carbocycles. The van der Waals surface area contributed by atoms with Gasteiger partial charge in [0.05, 0.1) is 0 Å². The summed E-state index contributed by atoms with van der Waals surface area (Å²) in [5.41, 5.74) is 0. The summed E-state index contributed by atoms with van der Waals surface area (Å²) in [7, 11) is 0. The van der Waals surface area contributed by atoms with E-state index in [-0.39, 0.29) is 11.9 Å². The molecule has 4 atom stereocenters. The van der Waals surface area contributed by atoms with Crippen LogP contribution in [0.4, 0.5) is 4.79 Å². The van der Waals surface area contributed by atoms with Crippen LogP contribution in [0.1, 0.15) is 32.6 Å². The molecular formula is C12H19ClN2O2. The van der Waals surface area contributed by atoms with Gasteiger partial charge in [0, 0.05) is 6.04 Å². The van der Waals surface area contributed by atoms with E-state index in [1.165, 1.54) is 25.7 Å². The average molecular weight is 259 g/mol. The number of amides is 3. The molecule has 0 aromatic carbocycles. The van der Waals surface area contributed by atoms with Gasteiger partial charge in [-0.15, -0.1) is 11.6 Å². The molecule has 0 aromatic rings. The standard InChI is InChI=1S/C12H19ClN2O2/c1-7(14-12(17)15-11(16)6-13)10-5-8-2-3-9(10)4-8/h7-10H,2-6H2,1H3,(H2,14,15,16,17)/t7-,8-,9-,10-/m0/s1. The van der Waals surface area contributed by atoms with Crippen molar-refractivity contribution in [1.82, 2.24) is 10.6 Å². The Morgan fingerprint density at radius 2 is 2.12 bits per heavy atom. The van der Waals surface area contributed by atoms with Crippen molar-refractivity contribution in [2.45, 2.75) is 38.6 Å². The van der Waals surface area contributed by atoms with E-state index in [9.17, 15) is 9.59 Å². The van der Waals surface area contributed by atoms with Gasteiger partial charge in [-0.05, 0) is 43.9 Å². The lowest BCUT2D eigenvalue weighted by atomic mass is 9.84. The maximum absolute atomic E-state index is 11.5. The van der Waals surface area contributed by atoms with Crippen molar-refractivity contribution < 1.29 is 9.59 Å². The van der Waals surface area contributed by atoms with Crippen molar-refractivity contribution in [3.63, 3.8) is 0 Å². The number of halogens is 1. The highest BCUT2D eigenvalue weighted by Gasteiger charge is 2.42. The van der Waals surface area contributed by atoms with Crippen LogP contribution in [0, 0.1) is 17.8 Å². The number of rotatable bonds is 3. The van der Waals surface area contributed by atoms with E-state index in [2.05, 4.69) is 10.6 Å². The molecule has 2 aliphatic rings. The third kappa shape index (κ3) is 2.92. The minimum absolute atomic E-state index is 0.133. The lowest BCUT2D eigenvalue weighted by Crippen LogP contribution is -2.47. The number of hydrogen-bond acceptors (Lipinski definition) is 2. The topological polar surface area (TPSA) is 58.2 Å². The van der Waals surface area contributed by atoms with Crippen LogP contribution in [0.25, 0.3) is 0 Å². The Balaban J connectivity index is 1.79. The first-order valence-corrected chi connectivity index (χ1v) is 6.80. The fourth-order valence-corrected chi connectivity index (χ4v) is 3.48. The second-order valence-electron chi connectivity index (χ2n) is 5.28. The van der Waals surface area contributed by atoms with Gasteiger partial charge < -0.3 is 5.32 Å². The van der Waals surface area contributed by atoms with E-state index in [0.29, 0.717) is 5.92 Å². The highest BCUT2D eigenvalue weighted by molar-refractivity contribution is 6.28. The Kier molecular flexibility index (Phi) is 3.92. The largest absolute Gasteiger partial charge is 0.335 e. The minimum Gasteiger partial charge on any atom is -0.335 e. The van der Waals surface area contributed by atoms with Crippen LogP contribution in [0.2, 0.25) is 0 Å². The van der Waals surface area contributed by atoms with Gasteiger partial charge in [0.2, 0.25) is 5.91 Å². The van der Waals surface area contributed by atoms with E-state index in [4.69, 9.17) is 11.6 Å². The molecule has 2 saturated carbocycles. The molecule has 17 heavy (non-hydrogen) atoms. The smallest absolute Gasteiger partial charge is 0.321 e. The molecule has 0 heterocycles. The molecule has 4 nitrogen and oxygen atoms in total. The Hall–Kier alpha value is -0.770. The summed E-state index contributed by atoms with van der Waals surface area (Å²) >= 11 is 5.32. The van der Waals surface area contributed by atoms with Gasteiger partial charge in [-0.2, -0.15) is 0 Å². The predicted octanol–water partition coefficient (Wildman–Crippen LogP) is 1.88. The zero-order chi connectivity index (χ0) is 12.4. The molecule has 2 N–H and O–H groups in total. The molecule has 0 unspecified atom stereocenters. The Morgan fingerprint density at radius 1 is 1.35 bits per heavy atom. The summed E-state index contributed by atoms with van der Waals surface area (Å²) in [6.45, 7) is 2.02. The molecule has 0 spiro atoms. The number of fused-ring (bicyclic) bond motifs is 2. The molecule has 5 heteroatoms. The normalized spacial score (nSPS) is 32.2. The number of carbonyl (C=O) groups excluding carboxylic acids is 2. The zero-order valence-electron chi connectivity index (χ0n) is 10.0. The Bertz CT molecular complexity index is 322. The van der Waals surface area contributed by atoms with Gasteiger partial charge >= 0.3 is 6.03 Å². The van der Waals surface area contributed by atoms with E-state index in [1.54, 1.807) is 0 Å². The monoisotopic (exact) mass is 258 g/mol. The molecule has 3 amide bonds. The first-order chi connectivity index (χ1) is 8.10. The lowest BCUT2D eigenvalue weighted by Gasteiger charge is -2.28. The SMILES string of the molecule is C[C@H](NC(=O)NC(=O)CCl)[C@@H]1C[C@H]2CC[C@H]1C2. The Labute approximate surface area is 106 Å². The maximum atomic E-state index is 11.5. The van der Waals surface area contributed by atoms with Crippen LogP contribution in [-0.2, 0) is 4.79 Å². The van der Waals surface area contributed by atoms with Crippen LogP contribution in [0.5, 0.6) is 0 Å². The molecule has 0 saturated heterocycles. The van der Waals surface area contributed by atoms with Gasteiger partial charge in [-0.1, -0.05) is 6.42 Å². The van der Waals surface area contributed by atoms with Crippen molar-refractivity contribution in [2.24, 2.45) is 17.8 Å². The molecule has 96 valence electrons. The highest BCUT2D eigenvalue weighted by Crippen LogP contribution is 2.49. The van der Waals surface area contributed by atoms with Gasteiger partial charge in [0.25, 0.3) is 0 Å². The van der Waals surface area contributed by atoms with Crippen molar-refractivity contribution in [3.05, 3.63) is 0 Å². The zero-order valence-corrected chi connectivity index (χ0v) is 10.8. The van der Waals surface area contributed by atoms with Crippen LogP contribution < -0.4 is 10.6 Å². The molecule has 0 radical (unpaired) electrons. The van der Waals surface area contributed by atoms with E-state index in [0.717, 1.165) is 11.8 Å². The number of alkyl halides is 1. The molecular weight excluding hydrogens is 240 g/mol. The number of carbonyl (C=O) groups is 2. The average Bonchev–Trinajstić information content (AvgIpc) is 2.90. The molecule has 2 fully saturated rings. The fraction of sp³-hybridized carbons (Fsp3) is 0.833. The van der Waals surface area contributed by atoms with Gasteiger partial charge in [0.15, 0.2) is 0 Å². The summed E-state index contributed by atoms with van der Waals surface area (Å²) in [6, 6.07) is -0.292. The second-order valence-corrected chi connectivity index (χ2v) is 5.55. The Morgan fingerprint density at radius 3 is 2.65 bits per heavy atom. The fourth-order valence-electron chi connectivity index (χ4n) is 3.42. The maximum Gasteiger partial charge on any atom is 0.321 e. The predicted molar refractivity (Wildman–Crippen MR) is 65.8 cm³/mol. The van der Waals surface area contributed by atoms with Crippen molar-refractivity contribution in [2.75, 3.05) is 5.88 Å². The van der Waals surface area contributed by atoms with Crippen LogP contribution >= 0.6 is 11.6 Å². The summed E-state index contributed by atoms with van der Waals surface area (Å²) in [4.78, 5) is 22.4. The minimum atomic E-state index is -0.454. The van der Waals surface area contributed by atoms with Crippen LogP contribution in [-0.4, -0.2) is 23.9 Å². The quantitative estimate of drug-likeness (QED) is 0.760. The number of imide groups is 1. The summed E-state index contributed by atoms with van der Waals surface area (Å²) in [6.07, 6.45) is 5.18. The van der Waals surface area contributed by atoms with Gasteiger partial charge in [-0.3, -0.25) is 10.1 Å². The first-order valence-electron chi connectivity index (χ1n) is 6.26. The van der Waals surface area contributed by atoms with Crippen molar-refractivity contribution in [3.8, 4) is 0 Å². The van der Waals surface area contributed by atoms with Crippen LogP contribution in [0.15, 0.2) is 0 Å². The van der Waals surface area contributed by atoms with Gasteiger partial charge in [-0.25, -0.2) is 4.79 Å². The third-order valence-corrected chi connectivity index (χ3v) is 4.41. The molecule has 2 bridgehead atoms. The van der Waals surface area contributed by atoms with Crippen molar-refractivity contribution in [1.29, 1.82) is 0 Å². The second kappa shape index (κ2) is 5.25. The molecule has 0 aliphatic heterocycles. The number of hydrogen-bond donors (Lipinski definition) is 2. The van der Waals surface area contributed by atoms with Crippen molar-refractivity contribution >= 4 is 23.5 Å². The van der Waals surface area contributed by atoms with E-state index < -0.39 is 11.9 Å². The highest BCUT2D eigenvalue weighted by atomic mass is 35.5. The number of nitrogens with one attached hydrogen (secondary N) is 2. The van der Waals surface area contributed by atoms with Gasteiger partial charge in [0.1, 0.15) is 5.88 Å². The summed E-state index contributed by atoms with van der Waals surface area (Å²) in [5, 5.41) is 5.05. The first kappa shape index (κ1) is 12.7. The molecule has 0 aromatic heterocycles. The molecule has 2 rings (SSSR count).